The Kier molecular flexibility index (Phi) is 3.28. The highest BCUT2D eigenvalue weighted by molar-refractivity contribution is 8.13. The molecule has 0 aliphatic carbocycles. The van der Waals surface area contributed by atoms with Gasteiger partial charge in [-0.15, -0.1) is 0 Å². The molecule has 1 rings (SSSR count). The number of hydrogen-bond donors (Lipinski definition) is 0. The van der Waals surface area contributed by atoms with Gasteiger partial charge in [0.2, 0.25) is 0 Å². The van der Waals surface area contributed by atoms with Crippen molar-refractivity contribution in [3.05, 3.63) is 27.7 Å². The van der Waals surface area contributed by atoms with Crippen LogP contribution in [0.3, 0.4) is 0 Å². The molecule has 3 nitrogen and oxygen atoms in total. The summed E-state index contributed by atoms with van der Waals surface area (Å²) >= 11 is 11.2. The fraction of sp³-hybridized carbons (Fsp3) is 0. The first-order chi connectivity index (χ1) is 6.36. The van der Waals surface area contributed by atoms with E-state index >= 15 is 0 Å². The van der Waals surface area contributed by atoms with E-state index in [4.69, 9.17) is 39.1 Å². The summed E-state index contributed by atoms with van der Waals surface area (Å²) in [7, 11) is 1.10. The lowest BCUT2D eigenvalue weighted by Gasteiger charge is -2.02. The Morgan fingerprint density at radius 2 is 1.86 bits per heavy atom. The molecule has 14 heavy (non-hydrogen) atoms. The molecule has 0 radical (unpaired) electrons. The number of rotatable bonds is 1. The van der Waals surface area contributed by atoms with Crippen LogP contribution in [0.1, 0.15) is 5.56 Å². The fourth-order valence-corrected chi connectivity index (χ4v) is 2.64. The summed E-state index contributed by atoms with van der Waals surface area (Å²) in [6.07, 6.45) is 0. The predicted octanol–water partition coefficient (Wildman–Crippen LogP) is 2.79. The lowest BCUT2D eigenvalue weighted by Crippen LogP contribution is -1.94. The summed E-state index contributed by atoms with van der Waals surface area (Å²) in [4.78, 5) is -0.357. The lowest BCUT2D eigenvalue weighted by molar-refractivity contribution is 0.609. The van der Waals surface area contributed by atoms with Crippen molar-refractivity contribution < 1.29 is 8.42 Å². The van der Waals surface area contributed by atoms with E-state index in [2.05, 4.69) is 0 Å². The molecule has 0 saturated carbocycles. The van der Waals surface area contributed by atoms with E-state index in [1.54, 1.807) is 6.07 Å². The van der Waals surface area contributed by atoms with Crippen LogP contribution >= 0.6 is 33.9 Å². The standard InChI is InChI=1S/C7H2Cl3NO2S/c8-5-1-4(3-11)7(9)6(2-5)14(10,12)13/h1-2H. The summed E-state index contributed by atoms with van der Waals surface area (Å²) in [5, 5.41) is 8.47. The third kappa shape index (κ3) is 2.31. The third-order valence-corrected chi connectivity index (χ3v) is 3.47. The van der Waals surface area contributed by atoms with Crippen LogP contribution in [0.4, 0.5) is 0 Å². The Balaban J connectivity index is 3.64. The van der Waals surface area contributed by atoms with Gasteiger partial charge in [-0.3, -0.25) is 0 Å². The van der Waals surface area contributed by atoms with E-state index in [-0.39, 0.29) is 20.5 Å². The summed E-state index contributed by atoms with van der Waals surface area (Å²) in [6, 6.07) is 4.06. The van der Waals surface area contributed by atoms with Gasteiger partial charge in [-0.25, -0.2) is 8.42 Å². The quantitative estimate of drug-likeness (QED) is 0.737. The van der Waals surface area contributed by atoms with Crippen LogP contribution in [0.15, 0.2) is 17.0 Å². The lowest BCUT2D eigenvalue weighted by atomic mass is 10.2. The second-order valence-corrected chi connectivity index (χ2v) is 5.66. The molecular formula is C7H2Cl3NO2S. The first-order valence-electron chi connectivity index (χ1n) is 3.20. The maximum absolute atomic E-state index is 11.0. The molecule has 0 atom stereocenters. The van der Waals surface area contributed by atoms with Gasteiger partial charge in [-0.1, -0.05) is 23.2 Å². The minimum absolute atomic E-state index is 0.0293. The second-order valence-electron chi connectivity index (χ2n) is 2.32. The number of benzene rings is 1. The van der Waals surface area contributed by atoms with Gasteiger partial charge in [-0.05, 0) is 12.1 Å². The predicted molar refractivity (Wildman–Crippen MR) is 54.2 cm³/mol. The fourth-order valence-electron chi connectivity index (χ4n) is 0.823. The number of hydrogen-bond acceptors (Lipinski definition) is 3. The van der Waals surface area contributed by atoms with E-state index in [1.807, 2.05) is 0 Å². The highest BCUT2D eigenvalue weighted by Crippen LogP contribution is 2.30. The van der Waals surface area contributed by atoms with Gasteiger partial charge in [0.15, 0.2) is 0 Å². The van der Waals surface area contributed by atoms with Crippen molar-refractivity contribution >= 4 is 42.9 Å². The van der Waals surface area contributed by atoms with Crippen LogP contribution in [0.5, 0.6) is 0 Å². The molecule has 0 fully saturated rings. The van der Waals surface area contributed by atoms with E-state index in [0.29, 0.717) is 0 Å². The van der Waals surface area contributed by atoms with Crippen LogP contribution in [-0.2, 0) is 9.05 Å². The number of nitrogens with zero attached hydrogens (tertiary/aromatic N) is 1. The molecule has 0 saturated heterocycles. The van der Waals surface area contributed by atoms with Gasteiger partial charge >= 0.3 is 0 Å². The van der Waals surface area contributed by atoms with E-state index in [1.165, 1.54) is 6.07 Å². The Bertz CT molecular complexity index is 518. The van der Waals surface area contributed by atoms with Gasteiger partial charge < -0.3 is 0 Å². The first-order valence-corrected chi connectivity index (χ1v) is 6.26. The Morgan fingerprint density at radius 3 is 2.29 bits per heavy atom. The zero-order valence-corrected chi connectivity index (χ0v) is 9.54. The van der Waals surface area contributed by atoms with Crippen molar-refractivity contribution in [3.8, 4) is 6.07 Å². The molecule has 1 aromatic rings. The van der Waals surface area contributed by atoms with Crippen molar-refractivity contribution in [1.29, 1.82) is 5.26 Å². The van der Waals surface area contributed by atoms with E-state index < -0.39 is 9.05 Å². The average Bonchev–Trinajstić information content (AvgIpc) is 2.06. The Hall–Kier alpha value is -0.470. The topological polar surface area (TPSA) is 57.9 Å². The van der Waals surface area contributed by atoms with Crippen LogP contribution in [-0.4, -0.2) is 8.42 Å². The zero-order valence-electron chi connectivity index (χ0n) is 6.46. The second kappa shape index (κ2) is 3.95. The molecule has 0 aromatic heterocycles. The number of halogens is 3. The molecule has 0 aliphatic heterocycles. The van der Waals surface area contributed by atoms with Gasteiger partial charge in [-0.2, -0.15) is 5.26 Å². The Morgan fingerprint density at radius 1 is 1.29 bits per heavy atom. The molecule has 7 heteroatoms. The van der Waals surface area contributed by atoms with Crippen LogP contribution in [0.25, 0.3) is 0 Å². The summed E-state index contributed by atoms with van der Waals surface area (Å²) in [5.74, 6) is 0. The van der Waals surface area contributed by atoms with E-state index in [0.717, 1.165) is 6.07 Å². The van der Waals surface area contributed by atoms with Crippen molar-refractivity contribution in [2.45, 2.75) is 4.90 Å². The SMILES string of the molecule is N#Cc1cc(Cl)cc(S(=O)(=O)Cl)c1Cl. The molecule has 0 amide bonds. The summed E-state index contributed by atoms with van der Waals surface area (Å²) in [6.45, 7) is 0. The zero-order chi connectivity index (χ0) is 10.9. The van der Waals surface area contributed by atoms with Crippen LogP contribution in [0, 0.1) is 11.3 Å². The molecule has 74 valence electrons. The van der Waals surface area contributed by atoms with Crippen LogP contribution in [0.2, 0.25) is 10.0 Å². The minimum Gasteiger partial charge on any atom is -0.207 e. The van der Waals surface area contributed by atoms with Gasteiger partial charge in [0, 0.05) is 15.7 Å². The van der Waals surface area contributed by atoms with Crippen molar-refractivity contribution in [2.24, 2.45) is 0 Å². The largest absolute Gasteiger partial charge is 0.262 e. The third-order valence-electron chi connectivity index (χ3n) is 1.39. The molecule has 0 aliphatic rings. The summed E-state index contributed by atoms with van der Waals surface area (Å²) in [5.41, 5.74) is -0.0293. The van der Waals surface area contributed by atoms with Gasteiger partial charge in [0.25, 0.3) is 9.05 Å². The van der Waals surface area contributed by atoms with Crippen LogP contribution < -0.4 is 0 Å². The average molecular weight is 271 g/mol. The maximum Gasteiger partial charge on any atom is 0.262 e. The maximum atomic E-state index is 11.0. The normalized spacial score (nSPS) is 11.0. The monoisotopic (exact) mass is 269 g/mol. The summed E-state index contributed by atoms with van der Waals surface area (Å²) < 4.78 is 22.0. The van der Waals surface area contributed by atoms with Crippen molar-refractivity contribution in [1.82, 2.24) is 0 Å². The number of nitriles is 1. The molecule has 0 unspecified atom stereocenters. The molecule has 0 spiro atoms. The van der Waals surface area contributed by atoms with E-state index in [9.17, 15) is 8.42 Å². The smallest absolute Gasteiger partial charge is 0.207 e. The molecule has 0 heterocycles. The highest BCUT2D eigenvalue weighted by atomic mass is 35.7. The highest BCUT2D eigenvalue weighted by Gasteiger charge is 2.18. The Labute approximate surface area is 95.2 Å². The molecule has 0 bridgehead atoms. The molecule has 1 aromatic carbocycles. The van der Waals surface area contributed by atoms with Crippen molar-refractivity contribution in [2.75, 3.05) is 0 Å². The molecule has 0 N–H and O–H groups in total. The van der Waals surface area contributed by atoms with Gasteiger partial charge in [0.05, 0.1) is 10.6 Å². The first kappa shape index (κ1) is 11.6. The van der Waals surface area contributed by atoms with Crippen molar-refractivity contribution in [3.63, 3.8) is 0 Å². The molecular weight excluding hydrogens is 269 g/mol. The minimum atomic E-state index is -3.98. The van der Waals surface area contributed by atoms with Gasteiger partial charge in [0.1, 0.15) is 11.0 Å².